The lowest BCUT2D eigenvalue weighted by molar-refractivity contribution is -0.131. The molecule has 2 fully saturated rings. The molecular formula is C11H18N2O2. The van der Waals surface area contributed by atoms with Gasteiger partial charge in [-0.15, -0.1) is 0 Å². The van der Waals surface area contributed by atoms with E-state index in [-0.39, 0.29) is 11.9 Å². The quantitative estimate of drug-likeness (QED) is 0.667. The molecule has 84 valence electrons. The summed E-state index contributed by atoms with van der Waals surface area (Å²) in [6.07, 6.45) is 4.89. The SMILES string of the molecule is CCC1CCC2(CC1)NC(=O)N(C)C2=O. The van der Waals surface area contributed by atoms with Gasteiger partial charge in [-0.1, -0.05) is 13.3 Å². The Labute approximate surface area is 90.0 Å². The highest BCUT2D eigenvalue weighted by Gasteiger charge is 2.50. The molecular weight excluding hydrogens is 192 g/mol. The highest BCUT2D eigenvalue weighted by atomic mass is 16.2. The number of hydrogen-bond acceptors (Lipinski definition) is 2. The number of nitrogens with zero attached hydrogens (tertiary/aromatic N) is 1. The highest BCUT2D eigenvalue weighted by molar-refractivity contribution is 6.06. The van der Waals surface area contributed by atoms with E-state index in [1.54, 1.807) is 7.05 Å². The van der Waals surface area contributed by atoms with E-state index in [4.69, 9.17) is 0 Å². The van der Waals surface area contributed by atoms with Crippen LogP contribution in [0.4, 0.5) is 4.79 Å². The van der Waals surface area contributed by atoms with Crippen LogP contribution in [0.5, 0.6) is 0 Å². The Bertz CT molecular complexity index is 293. The van der Waals surface area contributed by atoms with Gasteiger partial charge in [-0.2, -0.15) is 0 Å². The largest absolute Gasteiger partial charge is 0.324 e. The van der Waals surface area contributed by atoms with Crippen LogP contribution < -0.4 is 5.32 Å². The predicted octanol–water partition coefficient (Wildman–Crippen LogP) is 1.51. The highest BCUT2D eigenvalue weighted by Crippen LogP contribution is 2.37. The summed E-state index contributed by atoms with van der Waals surface area (Å²) in [5, 5.41) is 2.85. The zero-order chi connectivity index (χ0) is 11.1. The van der Waals surface area contributed by atoms with Gasteiger partial charge >= 0.3 is 6.03 Å². The summed E-state index contributed by atoms with van der Waals surface area (Å²) in [5.41, 5.74) is -0.558. The number of carbonyl (C=O) groups excluding carboxylic acids is 2. The van der Waals surface area contributed by atoms with Crippen LogP contribution >= 0.6 is 0 Å². The van der Waals surface area contributed by atoms with Crippen molar-refractivity contribution in [2.75, 3.05) is 7.05 Å². The van der Waals surface area contributed by atoms with Crippen LogP contribution in [-0.2, 0) is 4.79 Å². The molecule has 0 unspecified atom stereocenters. The number of carbonyl (C=O) groups is 2. The molecule has 4 nitrogen and oxygen atoms in total. The molecule has 0 atom stereocenters. The van der Waals surface area contributed by atoms with E-state index >= 15 is 0 Å². The number of rotatable bonds is 1. The normalized spacial score (nSPS) is 36.1. The van der Waals surface area contributed by atoms with Gasteiger partial charge in [0, 0.05) is 7.05 Å². The fourth-order valence-electron chi connectivity index (χ4n) is 2.67. The maximum atomic E-state index is 11.9. The Balaban J connectivity index is 2.10. The van der Waals surface area contributed by atoms with Crippen molar-refractivity contribution in [1.82, 2.24) is 10.2 Å². The number of amides is 3. The van der Waals surface area contributed by atoms with Crippen molar-refractivity contribution in [3.63, 3.8) is 0 Å². The van der Waals surface area contributed by atoms with Crippen LogP contribution in [0, 0.1) is 5.92 Å². The zero-order valence-electron chi connectivity index (χ0n) is 9.38. The van der Waals surface area contributed by atoms with Crippen molar-refractivity contribution in [2.24, 2.45) is 5.92 Å². The molecule has 1 saturated carbocycles. The number of nitrogens with one attached hydrogen (secondary N) is 1. The number of urea groups is 1. The molecule has 3 amide bonds. The first-order valence-electron chi connectivity index (χ1n) is 5.69. The fourth-order valence-corrected chi connectivity index (χ4v) is 2.67. The maximum absolute atomic E-state index is 11.9. The lowest BCUT2D eigenvalue weighted by atomic mass is 9.75. The summed E-state index contributed by atoms with van der Waals surface area (Å²) in [6.45, 7) is 2.18. The van der Waals surface area contributed by atoms with Crippen molar-refractivity contribution in [3.05, 3.63) is 0 Å². The molecule has 0 aromatic heterocycles. The molecule has 2 aliphatic rings. The molecule has 0 aromatic carbocycles. The summed E-state index contributed by atoms with van der Waals surface area (Å²) >= 11 is 0. The number of likely N-dealkylation sites (N-methyl/N-ethyl adjacent to an activating group) is 1. The zero-order valence-corrected chi connectivity index (χ0v) is 9.38. The van der Waals surface area contributed by atoms with Crippen LogP contribution in [0.3, 0.4) is 0 Å². The van der Waals surface area contributed by atoms with Gasteiger partial charge in [0.1, 0.15) is 5.54 Å². The molecule has 1 spiro atoms. The van der Waals surface area contributed by atoms with Crippen molar-refractivity contribution in [1.29, 1.82) is 0 Å². The van der Waals surface area contributed by atoms with Crippen LogP contribution in [0.1, 0.15) is 39.0 Å². The van der Waals surface area contributed by atoms with Crippen LogP contribution in [0.2, 0.25) is 0 Å². The maximum Gasteiger partial charge on any atom is 0.324 e. The molecule has 1 aliphatic heterocycles. The predicted molar refractivity (Wildman–Crippen MR) is 56.3 cm³/mol. The second kappa shape index (κ2) is 3.51. The first kappa shape index (κ1) is 10.5. The van der Waals surface area contributed by atoms with Crippen molar-refractivity contribution in [2.45, 2.75) is 44.6 Å². The molecule has 1 aliphatic carbocycles. The Hall–Kier alpha value is -1.06. The Kier molecular flexibility index (Phi) is 2.44. The van der Waals surface area contributed by atoms with Crippen molar-refractivity contribution in [3.8, 4) is 0 Å². The van der Waals surface area contributed by atoms with Crippen LogP contribution in [0.15, 0.2) is 0 Å². The number of hydrogen-bond donors (Lipinski definition) is 1. The minimum atomic E-state index is -0.558. The van der Waals surface area contributed by atoms with Crippen molar-refractivity contribution < 1.29 is 9.59 Å². The molecule has 0 aromatic rings. The molecule has 0 bridgehead atoms. The van der Waals surface area contributed by atoms with Gasteiger partial charge in [0.25, 0.3) is 5.91 Å². The summed E-state index contributed by atoms with van der Waals surface area (Å²) in [6, 6.07) is -0.241. The standard InChI is InChI=1S/C11H18N2O2/c1-3-8-4-6-11(7-5-8)9(14)13(2)10(15)12-11/h8H,3-7H2,1-2H3,(H,12,15). The molecule has 2 rings (SSSR count). The molecule has 15 heavy (non-hydrogen) atoms. The average molecular weight is 210 g/mol. The van der Waals surface area contributed by atoms with Crippen LogP contribution in [0.25, 0.3) is 0 Å². The van der Waals surface area contributed by atoms with E-state index in [0.29, 0.717) is 0 Å². The second-order valence-corrected chi connectivity index (χ2v) is 4.73. The van der Waals surface area contributed by atoms with E-state index in [1.807, 2.05) is 0 Å². The van der Waals surface area contributed by atoms with Gasteiger partial charge in [0.2, 0.25) is 0 Å². The van der Waals surface area contributed by atoms with E-state index in [1.165, 1.54) is 11.3 Å². The molecule has 4 heteroatoms. The lowest BCUT2D eigenvalue weighted by Crippen LogP contribution is -2.49. The molecule has 0 radical (unpaired) electrons. The summed E-state index contributed by atoms with van der Waals surface area (Å²) in [5.74, 6) is 0.688. The lowest BCUT2D eigenvalue weighted by Gasteiger charge is -2.34. The Morgan fingerprint density at radius 3 is 2.40 bits per heavy atom. The van der Waals surface area contributed by atoms with E-state index < -0.39 is 5.54 Å². The van der Waals surface area contributed by atoms with Gasteiger partial charge in [-0.3, -0.25) is 9.69 Å². The van der Waals surface area contributed by atoms with Crippen LogP contribution in [-0.4, -0.2) is 29.4 Å². The van der Waals surface area contributed by atoms with Gasteiger partial charge < -0.3 is 5.32 Å². The van der Waals surface area contributed by atoms with E-state index in [2.05, 4.69) is 12.2 Å². The first-order valence-corrected chi connectivity index (χ1v) is 5.69. The van der Waals surface area contributed by atoms with Gasteiger partial charge in [0.05, 0.1) is 0 Å². The minimum absolute atomic E-state index is 0.0398. The smallest absolute Gasteiger partial charge is 0.323 e. The monoisotopic (exact) mass is 210 g/mol. The summed E-state index contributed by atoms with van der Waals surface area (Å²) in [7, 11) is 1.55. The fraction of sp³-hybridized carbons (Fsp3) is 0.818. The number of imide groups is 1. The van der Waals surface area contributed by atoms with Gasteiger partial charge in [0.15, 0.2) is 0 Å². The Morgan fingerprint density at radius 1 is 1.40 bits per heavy atom. The topological polar surface area (TPSA) is 49.4 Å². The molecule has 1 saturated heterocycles. The Morgan fingerprint density at radius 2 is 2.00 bits per heavy atom. The van der Waals surface area contributed by atoms with E-state index in [9.17, 15) is 9.59 Å². The summed E-state index contributed by atoms with van der Waals surface area (Å²) in [4.78, 5) is 24.5. The molecule has 1 heterocycles. The third-order valence-electron chi connectivity index (χ3n) is 3.90. The molecule has 1 N–H and O–H groups in total. The second-order valence-electron chi connectivity index (χ2n) is 4.73. The van der Waals surface area contributed by atoms with Crippen molar-refractivity contribution >= 4 is 11.9 Å². The van der Waals surface area contributed by atoms with Gasteiger partial charge in [-0.05, 0) is 31.6 Å². The third-order valence-corrected chi connectivity index (χ3v) is 3.90. The first-order chi connectivity index (χ1) is 7.09. The third kappa shape index (κ3) is 1.52. The van der Waals surface area contributed by atoms with E-state index in [0.717, 1.165) is 31.6 Å². The average Bonchev–Trinajstić information content (AvgIpc) is 2.45. The minimum Gasteiger partial charge on any atom is -0.323 e. The van der Waals surface area contributed by atoms with Gasteiger partial charge in [-0.25, -0.2) is 4.79 Å². The summed E-state index contributed by atoms with van der Waals surface area (Å²) < 4.78 is 0.